The van der Waals surface area contributed by atoms with Gasteiger partial charge in [0.25, 0.3) is 0 Å². The molecule has 3 rings (SSSR count). The van der Waals surface area contributed by atoms with E-state index in [0.29, 0.717) is 12.0 Å². The van der Waals surface area contributed by atoms with Crippen LogP contribution in [-0.4, -0.2) is 133 Å². The number of carbonyl (C=O) groups is 1. The quantitative estimate of drug-likeness (QED) is 0.189. The Morgan fingerprint density at radius 1 is 0.930 bits per heavy atom. The number of esters is 1. The minimum absolute atomic E-state index is 0.0855. The zero-order valence-corrected chi connectivity index (χ0v) is 36.0. The number of ether oxygens (including phenoxy) is 7. The fourth-order valence-corrected chi connectivity index (χ4v) is 8.11. The molecule has 5 N–H and O–H groups in total. The van der Waals surface area contributed by atoms with Gasteiger partial charge >= 0.3 is 5.97 Å². The lowest BCUT2D eigenvalue weighted by Crippen LogP contribution is -2.59. The number of aliphatic hydroxyl groups is 5. The Labute approximate surface area is 340 Å². The molecular formula is C44H72O13. The summed E-state index contributed by atoms with van der Waals surface area (Å²) in [4.78, 5) is 13.7. The molecule has 0 amide bonds. The van der Waals surface area contributed by atoms with Gasteiger partial charge in [-0.15, -0.1) is 0 Å². The summed E-state index contributed by atoms with van der Waals surface area (Å²) < 4.78 is 41.1. The second-order valence-corrected chi connectivity index (χ2v) is 16.5. The number of rotatable bonds is 10. The van der Waals surface area contributed by atoms with Crippen molar-refractivity contribution in [1.29, 1.82) is 0 Å². The molecule has 0 radical (unpaired) electrons. The van der Waals surface area contributed by atoms with Crippen molar-refractivity contribution in [2.24, 2.45) is 17.8 Å². The van der Waals surface area contributed by atoms with Crippen LogP contribution in [-0.2, 0) is 38.0 Å². The second-order valence-electron chi connectivity index (χ2n) is 16.5. The zero-order valence-electron chi connectivity index (χ0n) is 36.0. The molecule has 0 aromatic rings. The van der Waals surface area contributed by atoms with Gasteiger partial charge < -0.3 is 58.7 Å². The highest BCUT2D eigenvalue weighted by Gasteiger charge is 2.51. The first-order chi connectivity index (χ1) is 26.8. The van der Waals surface area contributed by atoms with E-state index in [1.165, 1.54) is 14.2 Å². The largest absolute Gasteiger partial charge is 0.459 e. The van der Waals surface area contributed by atoms with Crippen molar-refractivity contribution in [3.63, 3.8) is 0 Å². The van der Waals surface area contributed by atoms with Crippen LogP contribution < -0.4 is 0 Å². The predicted octanol–water partition coefficient (Wildman–Crippen LogP) is 4.84. The predicted molar refractivity (Wildman–Crippen MR) is 216 cm³/mol. The minimum atomic E-state index is -1.86. The lowest BCUT2D eigenvalue weighted by Gasteiger charge is -2.49. The van der Waals surface area contributed by atoms with Crippen molar-refractivity contribution >= 4 is 5.97 Å². The van der Waals surface area contributed by atoms with Crippen LogP contribution in [0.2, 0.25) is 0 Å². The van der Waals surface area contributed by atoms with Crippen molar-refractivity contribution in [2.45, 2.75) is 167 Å². The standard InChI is InChI=1S/C44H72O13/c1-25-14-12-13-15-34(52-10)22-35(23-44(50)31(7)38(46)30(6)37(57-44)21-33(45)24-51-9)55-42(49)29(5)20-27(3)18-26(2)19-28(4)36(17-16-25)56-43-40(48)39(47)41(53-11)32(8)54-43/h14,16-20,28,30-41,43,45-48,50H,12-13,15,21-24H2,1-11H3/b17-16+,25-14+,26-19+,27-18-,29-20+/t28-,30+,31-,32+,33-,34-,35+,36-,37-,38+,39+,40+,41+,43+,44+/m1/s1. The maximum atomic E-state index is 13.7. The molecule has 0 spiro atoms. The fourth-order valence-electron chi connectivity index (χ4n) is 8.11. The summed E-state index contributed by atoms with van der Waals surface area (Å²) in [5.74, 6) is -3.69. The van der Waals surface area contributed by atoms with Gasteiger partial charge in [0.1, 0.15) is 24.4 Å². The van der Waals surface area contributed by atoms with Crippen LogP contribution in [0.15, 0.2) is 58.7 Å². The van der Waals surface area contributed by atoms with Crippen molar-refractivity contribution < 1.29 is 63.5 Å². The average molecular weight is 809 g/mol. The molecule has 326 valence electrons. The van der Waals surface area contributed by atoms with Crippen LogP contribution >= 0.6 is 0 Å². The molecule has 0 bridgehead atoms. The molecule has 57 heavy (non-hydrogen) atoms. The Morgan fingerprint density at radius 3 is 2.28 bits per heavy atom. The second kappa shape index (κ2) is 22.9. The molecule has 0 aliphatic carbocycles. The summed E-state index contributed by atoms with van der Waals surface area (Å²) in [7, 11) is 4.56. The lowest BCUT2D eigenvalue weighted by atomic mass is 9.77. The average Bonchev–Trinajstić information content (AvgIpc) is 3.14. The highest BCUT2D eigenvalue weighted by Crippen LogP contribution is 2.41. The zero-order chi connectivity index (χ0) is 42.6. The number of carbonyl (C=O) groups excluding carboxylic acids is 1. The monoisotopic (exact) mass is 808 g/mol. The molecule has 3 heterocycles. The van der Waals surface area contributed by atoms with Crippen LogP contribution in [0.3, 0.4) is 0 Å². The molecule has 3 aliphatic heterocycles. The van der Waals surface area contributed by atoms with Gasteiger partial charge in [0.2, 0.25) is 0 Å². The number of methoxy groups -OCH3 is 3. The topological polar surface area (TPSA) is 183 Å². The Bertz CT molecular complexity index is 1420. The van der Waals surface area contributed by atoms with Crippen molar-refractivity contribution in [1.82, 2.24) is 0 Å². The third-order valence-electron chi connectivity index (χ3n) is 11.6. The Balaban J connectivity index is 1.93. The molecule has 3 aliphatic rings. The number of cyclic esters (lactones) is 1. The highest BCUT2D eigenvalue weighted by atomic mass is 16.7. The first-order valence-corrected chi connectivity index (χ1v) is 20.4. The van der Waals surface area contributed by atoms with E-state index in [1.807, 2.05) is 58.9 Å². The first-order valence-electron chi connectivity index (χ1n) is 20.4. The number of allylic oxidation sites excluding steroid dienone is 7. The van der Waals surface area contributed by atoms with E-state index in [9.17, 15) is 30.3 Å². The van der Waals surface area contributed by atoms with Crippen LogP contribution in [0.25, 0.3) is 0 Å². The van der Waals surface area contributed by atoms with Crippen LogP contribution in [0.1, 0.15) is 93.9 Å². The third kappa shape index (κ3) is 14.2. The van der Waals surface area contributed by atoms with Crippen LogP contribution in [0.4, 0.5) is 0 Å². The minimum Gasteiger partial charge on any atom is -0.459 e. The van der Waals surface area contributed by atoms with Gasteiger partial charge in [-0.1, -0.05) is 67.9 Å². The Morgan fingerprint density at radius 2 is 1.63 bits per heavy atom. The van der Waals surface area contributed by atoms with Crippen molar-refractivity contribution in [2.75, 3.05) is 27.9 Å². The summed E-state index contributed by atoms with van der Waals surface area (Å²) in [6, 6.07) is 0. The van der Waals surface area contributed by atoms with Gasteiger partial charge in [-0.05, 0) is 60.0 Å². The van der Waals surface area contributed by atoms with Gasteiger partial charge in [-0.2, -0.15) is 0 Å². The number of aliphatic hydroxyl groups excluding tert-OH is 4. The molecule has 15 atom stereocenters. The normalized spacial score (nSPS) is 43.2. The summed E-state index contributed by atoms with van der Waals surface area (Å²) in [6.45, 7) is 14.9. The van der Waals surface area contributed by atoms with Gasteiger partial charge in [0.15, 0.2) is 12.1 Å². The van der Waals surface area contributed by atoms with E-state index >= 15 is 0 Å². The fraction of sp³-hybridized carbons (Fsp3) is 0.750. The first kappa shape index (κ1) is 49.1. The molecular weight excluding hydrogens is 736 g/mol. The summed E-state index contributed by atoms with van der Waals surface area (Å²) in [5, 5.41) is 55.3. The summed E-state index contributed by atoms with van der Waals surface area (Å²) in [5.41, 5.74) is 3.06. The SMILES string of the molecule is COC[C@H](O)C[C@H]1O[C@@](O)(C[C@@H]2C[C@H](OC)CCC/C=C(C)/C=C/[C@@H](O[C@@H]3O[C@@H](C)[C@H](OC)[C@@H](O)[C@@H]3O)[C@H](C)/C=C(C)/C=C(C)\C=C(/C)C(=O)O2)[C@H](C)[C@@H](O)[C@H]1C. The van der Waals surface area contributed by atoms with Gasteiger partial charge in [-0.25, -0.2) is 4.79 Å². The number of hydrogen-bond acceptors (Lipinski definition) is 13. The highest BCUT2D eigenvalue weighted by molar-refractivity contribution is 5.88. The van der Waals surface area contributed by atoms with Crippen LogP contribution in [0, 0.1) is 17.8 Å². The molecule has 13 nitrogen and oxygen atoms in total. The van der Waals surface area contributed by atoms with E-state index in [-0.39, 0.29) is 43.8 Å². The molecule has 0 aromatic carbocycles. The summed E-state index contributed by atoms with van der Waals surface area (Å²) >= 11 is 0. The van der Waals surface area contributed by atoms with E-state index in [0.717, 1.165) is 29.6 Å². The molecule has 2 fully saturated rings. The molecule has 0 unspecified atom stereocenters. The number of hydrogen-bond donors (Lipinski definition) is 5. The Hall–Kier alpha value is -2.27. The third-order valence-corrected chi connectivity index (χ3v) is 11.6. The van der Waals surface area contributed by atoms with Crippen molar-refractivity contribution in [3.8, 4) is 0 Å². The van der Waals surface area contributed by atoms with E-state index < -0.39 is 78.9 Å². The van der Waals surface area contributed by atoms with E-state index in [2.05, 4.69) is 6.08 Å². The van der Waals surface area contributed by atoms with E-state index in [4.69, 9.17) is 33.2 Å². The van der Waals surface area contributed by atoms with Gasteiger partial charge in [0.05, 0.1) is 43.2 Å². The molecule has 2 saturated heterocycles. The smallest absolute Gasteiger partial charge is 0.333 e. The van der Waals surface area contributed by atoms with Gasteiger partial charge in [0, 0.05) is 63.9 Å². The molecule has 13 heteroatoms. The maximum Gasteiger partial charge on any atom is 0.333 e. The van der Waals surface area contributed by atoms with E-state index in [1.54, 1.807) is 34.0 Å². The Kier molecular flexibility index (Phi) is 19.7. The summed E-state index contributed by atoms with van der Waals surface area (Å²) in [6.07, 6.45) is 5.31. The lowest BCUT2D eigenvalue weighted by molar-refractivity contribution is -0.329. The van der Waals surface area contributed by atoms with Gasteiger partial charge in [-0.3, -0.25) is 0 Å². The molecule has 0 aromatic heterocycles. The van der Waals surface area contributed by atoms with Crippen LogP contribution in [0.5, 0.6) is 0 Å². The molecule has 0 saturated carbocycles. The maximum absolute atomic E-state index is 13.7. The van der Waals surface area contributed by atoms with Crippen molar-refractivity contribution in [3.05, 3.63) is 58.7 Å².